The Morgan fingerprint density at radius 1 is 1.04 bits per heavy atom. The molecule has 2 aromatic rings. The highest BCUT2D eigenvalue weighted by molar-refractivity contribution is 5.85. The summed E-state index contributed by atoms with van der Waals surface area (Å²) in [5.74, 6) is 1.24. The van der Waals surface area contributed by atoms with E-state index in [1.165, 1.54) is 75.1 Å². The average Bonchev–Trinajstić information content (AvgIpc) is 3.31. The SMILES string of the molecule is Cl.c1ccc2nc(N3CCCCC3)c(CN3CCC4(CCNC4)C3)cc2c1. The normalized spacial score (nSPS) is 26.0. The summed E-state index contributed by atoms with van der Waals surface area (Å²) in [6, 6.07) is 11.0. The van der Waals surface area contributed by atoms with Crippen molar-refractivity contribution in [2.75, 3.05) is 44.2 Å². The van der Waals surface area contributed by atoms with E-state index in [4.69, 9.17) is 4.98 Å². The number of nitrogens with one attached hydrogen (secondary N) is 1. The van der Waals surface area contributed by atoms with Crippen molar-refractivity contribution in [2.45, 2.75) is 38.6 Å². The first-order chi connectivity index (χ1) is 12.8. The fraction of sp³-hybridized carbons (Fsp3) is 0.591. The molecule has 0 bridgehead atoms. The van der Waals surface area contributed by atoms with Gasteiger partial charge in [0.1, 0.15) is 5.82 Å². The van der Waals surface area contributed by atoms with Gasteiger partial charge in [-0.05, 0) is 62.7 Å². The minimum absolute atomic E-state index is 0. The van der Waals surface area contributed by atoms with Crippen LogP contribution in [0.1, 0.15) is 37.7 Å². The number of aromatic nitrogens is 1. The number of likely N-dealkylation sites (tertiary alicyclic amines) is 1. The monoisotopic (exact) mass is 386 g/mol. The van der Waals surface area contributed by atoms with Crippen molar-refractivity contribution >= 4 is 29.1 Å². The summed E-state index contributed by atoms with van der Waals surface area (Å²) in [5.41, 5.74) is 3.10. The zero-order valence-corrected chi connectivity index (χ0v) is 16.9. The Labute approximate surface area is 168 Å². The number of nitrogens with zero attached hydrogens (tertiary/aromatic N) is 3. The molecular formula is C22H31ClN4. The maximum atomic E-state index is 5.12. The summed E-state index contributed by atoms with van der Waals surface area (Å²) < 4.78 is 0. The van der Waals surface area contributed by atoms with E-state index in [1.807, 2.05) is 0 Å². The number of benzene rings is 1. The van der Waals surface area contributed by atoms with Crippen molar-refractivity contribution in [1.29, 1.82) is 0 Å². The van der Waals surface area contributed by atoms with Gasteiger partial charge in [0.15, 0.2) is 0 Å². The summed E-state index contributed by atoms with van der Waals surface area (Å²) in [5, 5.41) is 4.86. The number of piperidine rings is 1. The van der Waals surface area contributed by atoms with Crippen LogP contribution in [0.4, 0.5) is 5.82 Å². The number of anilines is 1. The molecular weight excluding hydrogens is 356 g/mol. The van der Waals surface area contributed by atoms with Gasteiger partial charge in [-0.1, -0.05) is 18.2 Å². The first kappa shape index (κ1) is 19.0. The van der Waals surface area contributed by atoms with Crippen molar-refractivity contribution < 1.29 is 0 Å². The second-order valence-electron chi connectivity index (χ2n) is 8.60. The number of para-hydroxylation sites is 1. The van der Waals surface area contributed by atoms with Crippen LogP contribution in [-0.2, 0) is 6.54 Å². The van der Waals surface area contributed by atoms with Crippen LogP contribution in [0.5, 0.6) is 0 Å². The van der Waals surface area contributed by atoms with Gasteiger partial charge in [-0.3, -0.25) is 4.90 Å². The summed E-state index contributed by atoms with van der Waals surface area (Å²) in [7, 11) is 0. The summed E-state index contributed by atoms with van der Waals surface area (Å²) in [6.07, 6.45) is 6.65. The first-order valence-electron chi connectivity index (χ1n) is 10.4. The maximum Gasteiger partial charge on any atom is 0.133 e. The van der Waals surface area contributed by atoms with Gasteiger partial charge < -0.3 is 10.2 Å². The van der Waals surface area contributed by atoms with Crippen molar-refractivity contribution in [2.24, 2.45) is 5.41 Å². The molecule has 0 radical (unpaired) electrons. The summed E-state index contributed by atoms with van der Waals surface area (Å²) in [4.78, 5) is 10.3. The molecule has 3 aliphatic rings. The lowest BCUT2D eigenvalue weighted by Crippen LogP contribution is -2.33. The molecule has 3 fully saturated rings. The molecule has 1 atom stereocenters. The standard InChI is InChI=1S/C22H30N4.ClH/c1-4-11-26(12-5-1)21-19(14-18-6-2-3-7-20(18)24-21)15-25-13-9-22(17-25)8-10-23-16-22;/h2-3,6-7,14,23H,1,4-5,8-13,15-17H2;1H. The van der Waals surface area contributed by atoms with Gasteiger partial charge in [-0.25, -0.2) is 4.98 Å². The summed E-state index contributed by atoms with van der Waals surface area (Å²) >= 11 is 0. The number of pyridine rings is 1. The van der Waals surface area contributed by atoms with E-state index in [2.05, 4.69) is 45.4 Å². The van der Waals surface area contributed by atoms with Crippen LogP contribution in [0.3, 0.4) is 0 Å². The minimum Gasteiger partial charge on any atom is -0.356 e. The van der Waals surface area contributed by atoms with E-state index in [0.29, 0.717) is 5.41 Å². The van der Waals surface area contributed by atoms with Crippen LogP contribution in [0.25, 0.3) is 10.9 Å². The Bertz CT molecular complexity index is 781. The first-order valence-corrected chi connectivity index (χ1v) is 10.4. The smallest absolute Gasteiger partial charge is 0.133 e. The predicted octanol–water partition coefficient (Wildman–Crippen LogP) is 3.83. The molecule has 1 unspecified atom stereocenters. The van der Waals surface area contributed by atoms with Crippen molar-refractivity contribution in [3.05, 3.63) is 35.9 Å². The highest BCUT2D eigenvalue weighted by Gasteiger charge is 2.40. The Balaban J connectivity index is 0.00000180. The molecule has 3 aliphatic heterocycles. The molecule has 1 spiro atoms. The third kappa shape index (κ3) is 3.80. The molecule has 4 nitrogen and oxygen atoms in total. The van der Waals surface area contributed by atoms with Gasteiger partial charge in [0.25, 0.3) is 0 Å². The molecule has 3 saturated heterocycles. The number of rotatable bonds is 3. The van der Waals surface area contributed by atoms with Crippen LogP contribution < -0.4 is 10.2 Å². The Kier molecular flexibility index (Phi) is 5.58. The highest BCUT2D eigenvalue weighted by atomic mass is 35.5. The van der Waals surface area contributed by atoms with E-state index in [9.17, 15) is 0 Å². The van der Waals surface area contributed by atoms with Crippen molar-refractivity contribution in [3.8, 4) is 0 Å². The highest BCUT2D eigenvalue weighted by Crippen LogP contribution is 2.37. The molecule has 0 amide bonds. The molecule has 27 heavy (non-hydrogen) atoms. The summed E-state index contributed by atoms with van der Waals surface area (Å²) in [6.45, 7) is 8.24. The lowest BCUT2D eigenvalue weighted by atomic mass is 9.86. The van der Waals surface area contributed by atoms with Gasteiger partial charge in [0, 0.05) is 43.7 Å². The molecule has 5 rings (SSSR count). The Hall–Kier alpha value is -1.36. The van der Waals surface area contributed by atoms with Crippen LogP contribution in [-0.4, -0.2) is 49.2 Å². The topological polar surface area (TPSA) is 31.4 Å². The zero-order chi connectivity index (χ0) is 17.4. The molecule has 1 N–H and O–H groups in total. The lowest BCUT2D eigenvalue weighted by Gasteiger charge is -2.31. The fourth-order valence-corrected chi connectivity index (χ4v) is 5.19. The van der Waals surface area contributed by atoms with Gasteiger partial charge >= 0.3 is 0 Å². The molecule has 0 aliphatic carbocycles. The van der Waals surface area contributed by atoms with Gasteiger partial charge in [-0.15, -0.1) is 12.4 Å². The molecule has 4 heterocycles. The van der Waals surface area contributed by atoms with Gasteiger partial charge in [-0.2, -0.15) is 0 Å². The quantitative estimate of drug-likeness (QED) is 0.868. The average molecular weight is 387 g/mol. The van der Waals surface area contributed by atoms with Crippen LogP contribution in [0.2, 0.25) is 0 Å². The van der Waals surface area contributed by atoms with E-state index in [-0.39, 0.29) is 12.4 Å². The van der Waals surface area contributed by atoms with Gasteiger partial charge in [0.05, 0.1) is 5.52 Å². The van der Waals surface area contributed by atoms with E-state index < -0.39 is 0 Å². The second-order valence-corrected chi connectivity index (χ2v) is 8.60. The minimum atomic E-state index is 0. The fourth-order valence-electron chi connectivity index (χ4n) is 5.19. The maximum absolute atomic E-state index is 5.12. The zero-order valence-electron chi connectivity index (χ0n) is 16.1. The predicted molar refractivity (Wildman–Crippen MR) is 115 cm³/mol. The molecule has 0 saturated carbocycles. The van der Waals surface area contributed by atoms with Crippen LogP contribution in [0, 0.1) is 5.41 Å². The molecule has 5 heteroatoms. The largest absolute Gasteiger partial charge is 0.356 e. The van der Waals surface area contributed by atoms with Crippen LogP contribution >= 0.6 is 12.4 Å². The van der Waals surface area contributed by atoms with Crippen molar-refractivity contribution in [3.63, 3.8) is 0 Å². The van der Waals surface area contributed by atoms with E-state index in [1.54, 1.807) is 0 Å². The second kappa shape index (κ2) is 7.94. The molecule has 146 valence electrons. The number of hydrogen-bond acceptors (Lipinski definition) is 4. The number of hydrogen-bond donors (Lipinski definition) is 1. The van der Waals surface area contributed by atoms with E-state index in [0.717, 1.165) is 25.2 Å². The van der Waals surface area contributed by atoms with Gasteiger partial charge in [0.2, 0.25) is 0 Å². The molecule has 1 aromatic heterocycles. The lowest BCUT2D eigenvalue weighted by molar-refractivity contribution is 0.268. The third-order valence-corrected chi connectivity index (χ3v) is 6.68. The Morgan fingerprint density at radius 2 is 1.89 bits per heavy atom. The van der Waals surface area contributed by atoms with E-state index >= 15 is 0 Å². The van der Waals surface area contributed by atoms with Crippen LogP contribution in [0.15, 0.2) is 30.3 Å². The number of halogens is 1. The number of fused-ring (bicyclic) bond motifs is 1. The third-order valence-electron chi connectivity index (χ3n) is 6.68. The Morgan fingerprint density at radius 3 is 2.70 bits per heavy atom. The van der Waals surface area contributed by atoms with Crippen molar-refractivity contribution in [1.82, 2.24) is 15.2 Å². The molecule has 1 aromatic carbocycles.